The van der Waals surface area contributed by atoms with Crippen LogP contribution < -0.4 is 5.32 Å². The fraction of sp³-hybridized carbons (Fsp3) is 0.308. The van der Waals surface area contributed by atoms with Gasteiger partial charge in [0.05, 0.1) is 5.56 Å². The van der Waals surface area contributed by atoms with E-state index in [1.807, 2.05) is 6.07 Å². The van der Waals surface area contributed by atoms with Crippen molar-refractivity contribution in [2.24, 2.45) is 0 Å². The number of carboxylic acid groups (broad SMARTS) is 1. The van der Waals surface area contributed by atoms with Gasteiger partial charge in [0.15, 0.2) is 0 Å². The van der Waals surface area contributed by atoms with Gasteiger partial charge in [0.2, 0.25) is 0 Å². The lowest BCUT2D eigenvalue weighted by molar-refractivity contribution is 0.0699. The maximum absolute atomic E-state index is 11.1. The maximum Gasteiger partial charge on any atom is 0.337 e. The van der Waals surface area contributed by atoms with E-state index in [-0.39, 0.29) is 0 Å². The second-order valence-corrected chi connectivity index (χ2v) is 5.53. The summed E-state index contributed by atoms with van der Waals surface area (Å²) in [6.07, 6.45) is 2.54. The molecule has 0 aliphatic heterocycles. The Hall–Kier alpha value is -1.39. The highest BCUT2D eigenvalue weighted by Crippen LogP contribution is 2.29. The van der Waals surface area contributed by atoms with E-state index >= 15 is 0 Å². The van der Waals surface area contributed by atoms with E-state index in [4.69, 9.17) is 5.11 Å². The average Bonchev–Trinajstić information content (AvgIpc) is 3.04. The molecule has 0 spiro atoms. The molecule has 0 amide bonds. The van der Waals surface area contributed by atoms with Gasteiger partial charge in [-0.05, 0) is 30.4 Å². The molecule has 1 aromatic heterocycles. The highest BCUT2D eigenvalue weighted by atomic mass is 32.1. The number of carboxylic acids is 1. The van der Waals surface area contributed by atoms with E-state index in [0.29, 0.717) is 11.6 Å². The second kappa shape index (κ2) is 4.13. The van der Waals surface area contributed by atoms with Gasteiger partial charge < -0.3 is 10.4 Å². The Bertz CT molecular complexity index is 572. The second-order valence-electron chi connectivity index (χ2n) is 4.40. The van der Waals surface area contributed by atoms with Crippen LogP contribution in [-0.4, -0.2) is 17.1 Å². The summed E-state index contributed by atoms with van der Waals surface area (Å²) in [6, 6.07) is 8.20. The van der Waals surface area contributed by atoms with E-state index in [1.165, 1.54) is 17.7 Å². The zero-order chi connectivity index (χ0) is 11.8. The van der Waals surface area contributed by atoms with Crippen LogP contribution in [0.15, 0.2) is 24.3 Å². The minimum Gasteiger partial charge on any atom is -0.478 e. The summed E-state index contributed by atoms with van der Waals surface area (Å²) in [5.74, 6) is -0.848. The molecule has 3 nitrogen and oxygen atoms in total. The summed E-state index contributed by atoms with van der Waals surface area (Å²) in [5.41, 5.74) is 0.408. The number of fused-ring (bicyclic) bond motifs is 1. The molecule has 0 radical (unpaired) electrons. The minimum absolute atomic E-state index is 0.408. The summed E-state index contributed by atoms with van der Waals surface area (Å²) >= 11 is 1.58. The molecule has 1 fully saturated rings. The van der Waals surface area contributed by atoms with Crippen molar-refractivity contribution in [3.8, 4) is 0 Å². The molecule has 0 unspecified atom stereocenters. The van der Waals surface area contributed by atoms with Gasteiger partial charge in [-0.25, -0.2) is 4.79 Å². The van der Waals surface area contributed by atoms with Crippen molar-refractivity contribution in [3.63, 3.8) is 0 Å². The smallest absolute Gasteiger partial charge is 0.337 e. The van der Waals surface area contributed by atoms with Gasteiger partial charge in [0.25, 0.3) is 0 Å². The van der Waals surface area contributed by atoms with Crippen molar-refractivity contribution in [1.29, 1.82) is 0 Å². The predicted octanol–water partition coefficient (Wildman–Crippen LogP) is 2.85. The molecule has 0 saturated heterocycles. The molecule has 4 heteroatoms. The van der Waals surface area contributed by atoms with E-state index in [9.17, 15) is 4.79 Å². The average molecular weight is 247 g/mol. The Labute approximate surface area is 103 Å². The summed E-state index contributed by atoms with van der Waals surface area (Å²) in [4.78, 5) is 12.3. The quantitative estimate of drug-likeness (QED) is 0.873. The van der Waals surface area contributed by atoms with E-state index in [1.54, 1.807) is 23.5 Å². The van der Waals surface area contributed by atoms with Crippen molar-refractivity contribution in [2.75, 3.05) is 0 Å². The van der Waals surface area contributed by atoms with Crippen molar-refractivity contribution in [1.82, 2.24) is 5.32 Å². The third-order valence-electron chi connectivity index (χ3n) is 2.97. The number of benzene rings is 1. The van der Waals surface area contributed by atoms with Crippen molar-refractivity contribution < 1.29 is 9.90 Å². The maximum atomic E-state index is 11.1. The van der Waals surface area contributed by atoms with Crippen LogP contribution in [0.5, 0.6) is 0 Å². The third-order valence-corrected chi connectivity index (χ3v) is 4.15. The number of carbonyl (C=O) groups is 1. The van der Waals surface area contributed by atoms with Gasteiger partial charge in [-0.15, -0.1) is 11.3 Å². The van der Waals surface area contributed by atoms with Crippen LogP contribution in [0, 0.1) is 0 Å². The van der Waals surface area contributed by atoms with Crippen LogP contribution in [-0.2, 0) is 6.54 Å². The number of hydrogen-bond donors (Lipinski definition) is 2. The van der Waals surface area contributed by atoms with Crippen molar-refractivity contribution in [2.45, 2.75) is 25.4 Å². The van der Waals surface area contributed by atoms with Crippen LogP contribution in [0.3, 0.4) is 0 Å². The summed E-state index contributed by atoms with van der Waals surface area (Å²) < 4.78 is 0.882. The standard InChI is InChI=1S/C13H13NO2S/c15-13(16)11-3-1-2-8-6-10(17-12(8)11)7-14-9-4-5-9/h1-3,6,9,14H,4-5,7H2,(H,15,16). The van der Waals surface area contributed by atoms with E-state index in [0.717, 1.165) is 16.6 Å². The Kier molecular flexibility index (Phi) is 2.61. The molecule has 1 saturated carbocycles. The molecule has 88 valence electrons. The zero-order valence-corrected chi connectivity index (χ0v) is 10.1. The van der Waals surface area contributed by atoms with Crippen LogP contribution in [0.2, 0.25) is 0 Å². The zero-order valence-electron chi connectivity index (χ0n) is 9.27. The van der Waals surface area contributed by atoms with Crippen molar-refractivity contribution >= 4 is 27.4 Å². The van der Waals surface area contributed by atoms with E-state index in [2.05, 4.69) is 11.4 Å². The minimum atomic E-state index is -0.848. The first-order valence-corrected chi connectivity index (χ1v) is 6.54. The fourth-order valence-corrected chi connectivity index (χ4v) is 3.02. The molecule has 1 aliphatic rings. The summed E-state index contributed by atoms with van der Waals surface area (Å²) in [6.45, 7) is 0.850. The first-order chi connectivity index (χ1) is 8.24. The Morgan fingerprint density at radius 3 is 3.00 bits per heavy atom. The van der Waals surface area contributed by atoms with Gasteiger partial charge in [-0.2, -0.15) is 0 Å². The molecule has 2 N–H and O–H groups in total. The predicted molar refractivity (Wildman–Crippen MR) is 68.6 cm³/mol. The Morgan fingerprint density at radius 1 is 1.47 bits per heavy atom. The van der Waals surface area contributed by atoms with Crippen LogP contribution in [0.1, 0.15) is 28.1 Å². The monoisotopic (exact) mass is 247 g/mol. The lowest BCUT2D eigenvalue weighted by Crippen LogP contribution is -2.14. The number of hydrogen-bond acceptors (Lipinski definition) is 3. The molecule has 2 aromatic rings. The van der Waals surface area contributed by atoms with Crippen LogP contribution in [0.4, 0.5) is 0 Å². The third kappa shape index (κ3) is 2.18. The first kappa shape index (κ1) is 10.7. The van der Waals surface area contributed by atoms with Gasteiger partial charge in [0, 0.05) is 22.2 Å². The molecule has 1 heterocycles. The van der Waals surface area contributed by atoms with Crippen molar-refractivity contribution in [3.05, 3.63) is 34.7 Å². The first-order valence-electron chi connectivity index (χ1n) is 5.72. The van der Waals surface area contributed by atoms with E-state index < -0.39 is 5.97 Å². The molecule has 0 bridgehead atoms. The summed E-state index contributed by atoms with van der Waals surface area (Å²) in [5, 5.41) is 13.6. The lowest BCUT2D eigenvalue weighted by Gasteiger charge is -1.97. The Balaban J connectivity index is 1.93. The molecule has 1 aromatic carbocycles. The van der Waals surface area contributed by atoms with Gasteiger partial charge in [-0.3, -0.25) is 0 Å². The van der Waals surface area contributed by atoms with Crippen LogP contribution >= 0.6 is 11.3 Å². The number of aromatic carboxylic acids is 1. The van der Waals surface area contributed by atoms with Gasteiger partial charge >= 0.3 is 5.97 Å². The topological polar surface area (TPSA) is 49.3 Å². The SMILES string of the molecule is O=C(O)c1cccc2cc(CNC3CC3)sc12. The number of nitrogens with one attached hydrogen (secondary N) is 1. The molecule has 17 heavy (non-hydrogen) atoms. The summed E-state index contributed by atoms with van der Waals surface area (Å²) in [7, 11) is 0. The fourth-order valence-electron chi connectivity index (χ4n) is 1.90. The molecular formula is C13H13NO2S. The Morgan fingerprint density at radius 2 is 2.29 bits per heavy atom. The number of rotatable bonds is 4. The number of thiophene rings is 1. The molecular weight excluding hydrogens is 234 g/mol. The highest BCUT2D eigenvalue weighted by Gasteiger charge is 2.20. The molecule has 0 atom stereocenters. The van der Waals surface area contributed by atoms with Gasteiger partial charge in [-0.1, -0.05) is 12.1 Å². The lowest BCUT2D eigenvalue weighted by atomic mass is 10.1. The normalized spacial score (nSPS) is 15.3. The molecule has 1 aliphatic carbocycles. The van der Waals surface area contributed by atoms with Gasteiger partial charge in [0.1, 0.15) is 0 Å². The highest BCUT2D eigenvalue weighted by molar-refractivity contribution is 7.19. The molecule has 3 rings (SSSR count). The largest absolute Gasteiger partial charge is 0.478 e. The van der Waals surface area contributed by atoms with Crippen LogP contribution in [0.25, 0.3) is 10.1 Å².